The molecule has 5 fully saturated rings. The molecule has 7 nitrogen and oxygen atoms in total. The highest BCUT2D eigenvalue weighted by Crippen LogP contribution is 2.55. The van der Waals surface area contributed by atoms with Crippen LogP contribution in [0, 0.1) is 17.8 Å². The first kappa shape index (κ1) is 23.5. The fourth-order valence-electron chi connectivity index (χ4n) is 7.27. The van der Waals surface area contributed by atoms with E-state index in [4.69, 9.17) is 16.6 Å². The molecule has 0 unspecified atom stereocenters. The van der Waals surface area contributed by atoms with Gasteiger partial charge in [0.05, 0.1) is 0 Å². The van der Waals surface area contributed by atoms with Crippen LogP contribution in [-0.4, -0.2) is 65.1 Å². The molecule has 7 rings (SSSR count). The Hall–Kier alpha value is -1.90. The zero-order chi connectivity index (χ0) is 23.8. The Morgan fingerprint density at radius 2 is 1.69 bits per heavy atom. The Balaban J connectivity index is 0.918. The molecular weight excluding hydrogens is 480 g/mol. The monoisotopic (exact) mass is 514 g/mol. The van der Waals surface area contributed by atoms with E-state index in [1.165, 1.54) is 55.6 Å². The van der Waals surface area contributed by atoms with Gasteiger partial charge >= 0.3 is 6.03 Å². The molecule has 2 heterocycles. The minimum Gasteiger partial charge on any atom is -0.344 e. The van der Waals surface area contributed by atoms with Gasteiger partial charge in [-0.1, -0.05) is 23.7 Å². The molecule has 0 atom stereocenters. The average molecular weight is 515 g/mol. The van der Waals surface area contributed by atoms with Crippen molar-refractivity contribution in [3.8, 4) is 0 Å². The first-order valence-corrected chi connectivity index (χ1v) is 14.3. The predicted molar refractivity (Wildman–Crippen MR) is 140 cm³/mol. The highest BCUT2D eigenvalue weighted by molar-refractivity contribution is 7.09. The first-order valence-electron chi connectivity index (χ1n) is 13.1. The zero-order valence-electron chi connectivity index (χ0n) is 20.2. The number of aromatic nitrogens is 2. The van der Waals surface area contributed by atoms with Crippen molar-refractivity contribution in [1.29, 1.82) is 0 Å². The number of urea groups is 1. The lowest BCUT2D eigenvalue weighted by Gasteiger charge is -2.56. The molecule has 1 aliphatic heterocycles. The van der Waals surface area contributed by atoms with Crippen LogP contribution in [0.5, 0.6) is 0 Å². The standard InChI is InChI=1S/C26H35ClN6OS/c27-22-3-1-18(2-4-22)14-23-29-25(35-31-23)33-9-7-32(8-10-33)6-5-28-24(34)30-26-15-19-11-20(16-26)13-21(12-19)17-26/h1-4,19-21H,5-17H2,(H2,28,30,34). The summed E-state index contributed by atoms with van der Waals surface area (Å²) >= 11 is 7.46. The number of halogens is 1. The van der Waals surface area contributed by atoms with Crippen LogP contribution in [0.25, 0.3) is 0 Å². The normalized spacial score (nSPS) is 30.0. The molecule has 0 radical (unpaired) electrons. The molecule has 5 aliphatic rings. The maximum atomic E-state index is 12.7. The lowest BCUT2D eigenvalue weighted by atomic mass is 9.53. The van der Waals surface area contributed by atoms with Gasteiger partial charge in [0.1, 0.15) is 5.82 Å². The van der Waals surface area contributed by atoms with Crippen LogP contribution in [0.2, 0.25) is 5.02 Å². The number of amides is 2. The number of hydrogen-bond donors (Lipinski definition) is 2. The van der Waals surface area contributed by atoms with Crippen LogP contribution in [0.4, 0.5) is 9.93 Å². The van der Waals surface area contributed by atoms with Crippen LogP contribution < -0.4 is 15.5 Å². The van der Waals surface area contributed by atoms with Gasteiger partial charge in [-0.15, -0.1) is 0 Å². The minimum atomic E-state index is 0.0349. The molecule has 4 saturated carbocycles. The molecule has 9 heteroatoms. The molecule has 4 bridgehead atoms. The Labute approximate surface area is 216 Å². The number of carbonyl (C=O) groups is 1. The summed E-state index contributed by atoms with van der Waals surface area (Å²) in [6, 6.07) is 7.90. The van der Waals surface area contributed by atoms with Gasteiger partial charge in [-0.05, 0) is 74.0 Å². The quantitative estimate of drug-likeness (QED) is 0.580. The highest BCUT2D eigenvalue weighted by atomic mass is 35.5. The number of rotatable bonds is 7. The molecule has 1 saturated heterocycles. The minimum absolute atomic E-state index is 0.0349. The van der Waals surface area contributed by atoms with E-state index in [2.05, 4.69) is 24.8 Å². The Morgan fingerprint density at radius 1 is 1.03 bits per heavy atom. The van der Waals surface area contributed by atoms with Crippen molar-refractivity contribution in [1.82, 2.24) is 24.9 Å². The molecular formula is C26H35ClN6OS. The van der Waals surface area contributed by atoms with Gasteiger partial charge in [-0.3, -0.25) is 4.90 Å². The molecule has 35 heavy (non-hydrogen) atoms. The second kappa shape index (κ2) is 9.87. The summed E-state index contributed by atoms with van der Waals surface area (Å²) in [4.78, 5) is 22.2. The second-order valence-electron chi connectivity index (χ2n) is 11.2. The summed E-state index contributed by atoms with van der Waals surface area (Å²) in [5.41, 5.74) is 1.25. The van der Waals surface area contributed by atoms with E-state index < -0.39 is 0 Å². The summed E-state index contributed by atoms with van der Waals surface area (Å²) in [7, 11) is 0. The van der Waals surface area contributed by atoms with Gasteiger partial charge in [-0.2, -0.15) is 4.37 Å². The van der Waals surface area contributed by atoms with Crippen LogP contribution >= 0.6 is 23.1 Å². The fraction of sp³-hybridized carbons (Fsp3) is 0.654. The van der Waals surface area contributed by atoms with Gasteiger partial charge in [0.2, 0.25) is 5.13 Å². The summed E-state index contributed by atoms with van der Waals surface area (Å²) in [6.45, 7) is 5.42. The van der Waals surface area contributed by atoms with Crippen LogP contribution in [-0.2, 0) is 6.42 Å². The van der Waals surface area contributed by atoms with E-state index in [-0.39, 0.29) is 11.6 Å². The van der Waals surface area contributed by atoms with E-state index in [1.807, 2.05) is 24.3 Å². The largest absolute Gasteiger partial charge is 0.344 e. The fourth-order valence-corrected chi connectivity index (χ4v) is 8.13. The number of nitrogens with one attached hydrogen (secondary N) is 2. The maximum Gasteiger partial charge on any atom is 0.315 e. The maximum absolute atomic E-state index is 12.7. The predicted octanol–water partition coefficient (Wildman–Crippen LogP) is 4.17. The van der Waals surface area contributed by atoms with Gasteiger partial charge in [-0.25, -0.2) is 9.78 Å². The van der Waals surface area contributed by atoms with Crippen LogP contribution in [0.15, 0.2) is 24.3 Å². The SMILES string of the molecule is O=C(NCCN1CCN(c2nc(Cc3ccc(Cl)cc3)ns2)CC1)NC12CC3CC(CC(C3)C1)C2. The van der Waals surface area contributed by atoms with Crippen LogP contribution in [0.1, 0.15) is 49.9 Å². The summed E-state index contributed by atoms with van der Waals surface area (Å²) in [5.74, 6) is 3.40. The zero-order valence-corrected chi connectivity index (χ0v) is 21.8. The van der Waals surface area contributed by atoms with Crippen molar-refractivity contribution in [2.75, 3.05) is 44.2 Å². The topological polar surface area (TPSA) is 73.4 Å². The highest BCUT2D eigenvalue weighted by Gasteiger charge is 2.51. The summed E-state index contributed by atoms with van der Waals surface area (Å²) in [5, 5.41) is 8.31. The van der Waals surface area contributed by atoms with E-state index in [0.717, 1.165) is 72.9 Å². The van der Waals surface area contributed by atoms with Crippen molar-refractivity contribution < 1.29 is 4.79 Å². The number of carbonyl (C=O) groups excluding carboxylic acids is 1. The third kappa shape index (κ3) is 5.44. The molecule has 188 valence electrons. The van der Waals surface area contributed by atoms with Crippen molar-refractivity contribution >= 4 is 34.3 Å². The molecule has 1 aromatic heterocycles. The first-order chi connectivity index (χ1) is 17.0. The number of nitrogens with zero attached hydrogens (tertiary/aromatic N) is 4. The van der Waals surface area contributed by atoms with Gasteiger partial charge in [0.15, 0.2) is 0 Å². The van der Waals surface area contributed by atoms with Crippen molar-refractivity contribution in [2.45, 2.75) is 50.5 Å². The number of piperazine rings is 1. The summed E-state index contributed by atoms with van der Waals surface area (Å²) < 4.78 is 4.56. The van der Waals surface area contributed by atoms with Crippen molar-refractivity contribution in [3.05, 3.63) is 40.7 Å². The third-order valence-corrected chi connectivity index (χ3v) is 9.57. The third-order valence-electron chi connectivity index (χ3n) is 8.51. The lowest BCUT2D eigenvalue weighted by molar-refractivity contribution is -0.0135. The molecule has 2 amide bonds. The van der Waals surface area contributed by atoms with Crippen molar-refractivity contribution in [3.63, 3.8) is 0 Å². The lowest BCUT2D eigenvalue weighted by Crippen LogP contribution is -2.61. The molecule has 2 aromatic rings. The second-order valence-corrected chi connectivity index (χ2v) is 12.4. The molecule has 0 spiro atoms. The van der Waals surface area contributed by atoms with E-state index >= 15 is 0 Å². The number of benzene rings is 1. The van der Waals surface area contributed by atoms with E-state index in [9.17, 15) is 4.79 Å². The summed E-state index contributed by atoms with van der Waals surface area (Å²) in [6.07, 6.45) is 8.51. The molecule has 2 N–H and O–H groups in total. The Kier molecular flexibility index (Phi) is 6.62. The molecule has 1 aromatic carbocycles. The van der Waals surface area contributed by atoms with Gasteiger partial charge in [0.25, 0.3) is 0 Å². The Bertz CT molecular complexity index is 999. The van der Waals surface area contributed by atoms with Gasteiger partial charge in [0, 0.05) is 67.8 Å². The van der Waals surface area contributed by atoms with Crippen molar-refractivity contribution in [2.24, 2.45) is 17.8 Å². The Morgan fingerprint density at radius 3 is 2.34 bits per heavy atom. The van der Waals surface area contributed by atoms with Gasteiger partial charge < -0.3 is 15.5 Å². The molecule has 4 aliphatic carbocycles. The number of anilines is 1. The average Bonchev–Trinajstić information content (AvgIpc) is 3.28. The van der Waals surface area contributed by atoms with E-state index in [1.54, 1.807) is 0 Å². The number of hydrogen-bond acceptors (Lipinski definition) is 6. The van der Waals surface area contributed by atoms with Crippen LogP contribution in [0.3, 0.4) is 0 Å². The smallest absolute Gasteiger partial charge is 0.315 e. The van der Waals surface area contributed by atoms with E-state index in [0.29, 0.717) is 6.54 Å².